The number of piperidine rings is 1. The van der Waals surface area contributed by atoms with Gasteiger partial charge < -0.3 is 19.9 Å². The van der Waals surface area contributed by atoms with Crippen molar-refractivity contribution in [3.05, 3.63) is 58.4 Å². The smallest absolute Gasteiger partial charge is 0.355 e. The molecule has 1 atom stereocenters. The van der Waals surface area contributed by atoms with Gasteiger partial charge >= 0.3 is 5.97 Å². The molecule has 1 aliphatic heterocycles. The number of aromatic amines is 1. The van der Waals surface area contributed by atoms with E-state index in [2.05, 4.69) is 22.4 Å². The van der Waals surface area contributed by atoms with Crippen molar-refractivity contribution in [3.63, 3.8) is 0 Å². The number of esters is 1. The number of amides is 2. The maximum atomic E-state index is 12.9. The minimum atomic E-state index is -0.366. The Balaban J connectivity index is 1.46. The summed E-state index contributed by atoms with van der Waals surface area (Å²) in [5.74, 6) is -0.420. The van der Waals surface area contributed by atoms with Gasteiger partial charge in [0.05, 0.1) is 12.5 Å². The van der Waals surface area contributed by atoms with E-state index < -0.39 is 0 Å². The van der Waals surface area contributed by atoms with E-state index in [0.29, 0.717) is 44.8 Å². The molecule has 0 aliphatic carbocycles. The fourth-order valence-corrected chi connectivity index (χ4v) is 4.67. The molecule has 2 aromatic rings. The molecular formula is C27H37N3O4. The summed E-state index contributed by atoms with van der Waals surface area (Å²) >= 11 is 0. The fraction of sp³-hybridized carbons (Fsp3) is 0.519. The van der Waals surface area contributed by atoms with Crippen LogP contribution in [0, 0.1) is 19.8 Å². The number of rotatable bonds is 10. The molecule has 0 spiro atoms. The minimum Gasteiger partial charge on any atom is -0.461 e. The van der Waals surface area contributed by atoms with Crippen molar-refractivity contribution < 1.29 is 19.1 Å². The van der Waals surface area contributed by atoms with Crippen LogP contribution in [0.2, 0.25) is 0 Å². The molecule has 1 saturated heterocycles. The summed E-state index contributed by atoms with van der Waals surface area (Å²) in [6, 6.07) is 10.3. The number of nitrogens with zero attached hydrogens (tertiary/aromatic N) is 1. The Hall–Kier alpha value is -3.09. The highest BCUT2D eigenvalue weighted by Crippen LogP contribution is 2.22. The lowest BCUT2D eigenvalue weighted by Crippen LogP contribution is -2.45. The first-order valence-corrected chi connectivity index (χ1v) is 12.3. The Kier molecular flexibility index (Phi) is 9.31. The molecule has 1 fully saturated rings. The summed E-state index contributed by atoms with van der Waals surface area (Å²) in [6.07, 6.45) is 4.39. The molecule has 7 nitrogen and oxygen atoms in total. The van der Waals surface area contributed by atoms with E-state index in [4.69, 9.17) is 4.74 Å². The molecular weight excluding hydrogens is 430 g/mol. The highest BCUT2D eigenvalue weighted by Gasteiger charge is 2.28. The number of likely N-dealkylation sites (tertiary alicyclic amines) is 1. The van der Waals surface area contributed by atoms with Crippen LogP contribution in [-0.4, -0.2) is 53.9 Å². The van der Waals surface area contributed by atoms with Gasteiger partial charge in [0.1, 0.15) is 5.69 Å². The number of nitrogens with one attached hydrogen (secondary N) is 2. The van der Waals surface area contributed by atoms with Gasteiger partial charge in [-0.3, -0.25) is 9.59 Å². The van der Waals surface area contributed by atoms with Gasteiger partial charge in [-0.05, 0) is 69.6 Å². The van der Waals surface area contributed by atoms with Gasteiger partial charge in [-0.15, -0.1) is 0 Å². The van der Waals surface area contributed by atoms with E-state index in [1.165, 1.54) is 5.56 Å². The van der Waals surface area contributed by atoms with Gasteiger partial charge in [-0.2, -0.15) is 0 Å². The second kappa shape index (κ2) is 12.4. The molecule has 1 aromatic heterocycles. The summed E-state index contributed by atoms with van der Waals surface area (Å²) in [5.41, 5.74) is 4.45. The van der Waals surface area contributed by atoms with E-state index in [1.807, 2.05) is 36.9 Å². The average molecular weight is 468 g/mol. The zero-order valence-corrected chi connectivity index (χ0v) is 20.6. The summed E-state index contributed by atoms with van der Waals surface area (Å²) in [5, 5.41) is 3.05. The predicted molar refractivity (Wildman–Crippen MR) is 132 cm³/mol. The van der Waals surface area contributed by atoms with Crippen molar-refractivity contribution in [2.45, 2.75) is 59.3 Å². The number of ether oxygens (including phenoxy) is 1. The zero-order chi connectivity index (χ0) is 24.5. The Labute approximate surface area is 202 Å². The SMILES string of the molecule is CCOC(=O)c1[nH]c(C)c(CCC(=O)N2CCCC(C(=O)NCCCc3ccccc3)C2)c1C. The molecule has 1 aliphatic rings. The number of carbonyl (C=O) groups is 3. The van der Waals surface area contributed by atoms with E-state index in [9.17, 15) is 14.4 Å². The molecule has 2 heterocycles. The summed E-state index contributed by atoms with van der Waals surface area (Å²) in [7, 11) is 0. The Bertz CT molecular complexity index is 983. The van der Waals surface area contributed by atoms with Crippen molar-refractivity contribution in [3.8, 4) is 0 Å². The zero-order valence-electron chi connectivity index (χ0n) is 20.6. The third-order valence-corrected chi connectivity index (χ3v) is 6.59. The number of hydrogen-bond acceptors (Lipinski definition) is 4. The van der Waals surface area contributed by atoms with Crippen LogP contribution in [0.15, 0.2) is 30.3 Å². The Morgan fingerprint density at radius 3 is 2.65 bits per heavy atom. The van der Waals surface area contributed by atoms with Crippen LogP contribution in [-0.2, 0) is 27.2 Å². The van der Waals surface area contributed by atoms with Crippen LogP contribution in [0.25, 0.3) is 0 Å². The second-order valence-electron chi connectivity index (χ2n) is 9.01. The van der Waals surface area contributed by atoms with E-state index in [1.54, 1.807) is 6.92 Å². The lowest BCUT2D eigenvalue weighted by atomic mass is 9.96. The highest BCUT2D eigenvalue weighted by molar-refractivity contribution is 5.90. The quantitative estimate of drug-likeness (QED) is 0.411. The van der Waals surface area contributed by atoms with Gasteiger partial charge in [-0.25, -0.2) is 4.79 Å². The van der Waals surface area contributed by atoms with Gasteiger partial charge in [0, 0.05) is 31.7 Å². The number of aromatic nitrogens is 1. The number of carbonyl (C=O) groups excluding carboxylic acids is 3. The van der Waals surface area contributed by atoms with Gasteiger partial charge in [-0.1, -0.05) is 30.3 Å². The van der Waals surface area contributed by atoms with Crippen LogP contribution < -0.4 is 5.32 Å². The number of aryl methyl sites for hydroxylation is 2. The fourth-order valence-electron chi connectivity index (χ4n) is 4.67. The summed E-state index contributed by atoms with van der Waals surface area (Å²) < 4.78 is 5.11. The molecule has 1 unspecified atom stereocenters. The van der Waals surface area contributed by atoms with Crippen LogP contribution in [0.1, 0.15) is 65.5 Å². The third kappa shape index (κ3) is 6.72. The van der Waals surface area contributed by atoms with Gasteiger partial charge in [0.2, 0.25) is 11.8 Å². The van der Waals surface area contributed by atoms with Gasteiger partial charge in [0.25, 0.3) is 0 Å². The molecule has 1 aromatic carbocycles. The average Bonchev–Trinajstić information content (AvgIpc) is 3.14. The Morgan fingerprint density at radius 1 is 1.15 bits per heavy atom. The molecule has 2 amide bonds. The topological polar surface area (TPSA) is 91.5 Å². The van der Waals surface area contributed by atoms with Crippen LogP contribution >= 0.6 is 0 Å². The lowest BCUT2D eigenvalue weighted by molar-refractivity contribution is -0.135. The van der Waals surface area contributed by atoms with E-state index >= 15 is 0 Å². The standard InChI is InChI=1S/C27H37N3O4/c1-4-34-27(33)25-19(2)23(20(3)29-25)14-15-24(31)30-17-9-13-22(18-30)26(32)28-16-8-12-21-10-6-5-7-11-21/h5-7,10-11,22,29H,4,8-9,12-18H2,1-3H3,(H,28,32). The maximum absolute atomic E-state index is 12.9. The van der Waals surface area contributed by atoms with Crippen LogP contribution in [0.4, 0.5) is 0 Å². The van der Waals surface area contributed by atoms with Crippen molar-refractivity contribution in [2.24, 2.45) is 5.92 Å². The minimum absolute atomic E-state index is 0.0435. The lowest BCUT2D eigenvalue weighted by Gasteiger charge is -2.32. The molecule has 0 bridgehead atoms. The first kappa shape index (κ1) is 25.5. The molecule has 34 heavy (non-hydrogen) atoms. The molecule has 184 valence electrons. The molecule has 0 saturated carbocycles. The summed E-state index contributed by atoms with van der Waals surface area (Å²) in [6.45, 7) is 7.70. The third-order valence-electron chi connectivity index (χ3n) is 6.59. The second-order valence-corrected chi connectivity index (χ2v) is 9.01. The normalized spacial score (nSPS) is 15.7. The van der Waals surface area contributed by atoms with Crippen molar-refractivity contribution in [1.29, 1.82) is 0 Å². The Morgan fingerprint density at radius 2 is 1.91 bits per heavy atom. The maximum Gasteiger partial charge on any atom is 0.355 e. The van der Waals surface area contributed by atoms with Crippen LogP contribution in [0.3, 0.4) is 0 Å². The van der Waals surface area contributed by atoms with Crippen LogP contribution in [0.5, 0.6) is 0 Å². The van der Waals surface area contributed by atoms with Crippen molar-refractivity contribution in [1.82, 2.24) is 15.2 Å². The monoisotopic (exact) mass is 467 g/mol. The number of benzene rings is 1. The molecule has 0 radical (unpaired) electrons. The predicted octanol–water partition coefficient (Wildman–Crippen LogP) is 3.73. The summed E-state index contributed by atoms with van der Waals surface area (Å²) in [4.78, 5) is 42.6. The number of H-pyrrole nitrogens is 1. The largest absolute Gasteiger partial charge is 0.461 e. The van der Waals surface area contributed by atoms with Gasteiger partial charge in [0.15, 0.2) is 0 Å². The van der Waals surface area contributed by atoms with Crippen molar-refractivity contribution >= 4 is 17.8 Å². The van der Waals surface area contributed by atoms with E-state index in [0.717, 1.165) is 42.5 Å². The highest BCUT2D eigenvalue weighted by atomic mass is 16.5. The number of hydrogen-bond donors (Lipinski definition) is 2. The molecule has 3 rings (SSSR count). The van der Waals surface area contributed by atoms with E-state index in [-0.39, 0.29) is 23.7 Å². The molecule has 2 N–H and O–H groups in total. The van der Waals surface area contributed by atoms with Crippen molar-refractivity contribution in [2.75, 3.05) is 26.2 Å². The molecule has 7 heteroatoms. The first-order chi connectivity index (χ1) is 16.4. The first-order valence-electron chi connectivity index (χ1n) is 12.3.